The maximum absolute atomic E-state index is 13.5. The Labute approximate surface area is 93.9 Å². The van der Waals surface area contributed by atoms with Gasteiger partial charge in [0.05, 0.1) is 5.41 Å². The van der Waals surface area contributed by atoms with E-state index >= 15 is 0 Å². The number of benzene rings is 1. The van der Waals surface area contributed by atoms with Crippen LogP contribution < -0.4 is 4.74 Å². The summed E-state index contributed by atoms with van der Waals surface area (Å²) in [6.07, 6.45) is 0. The van der Waals surface area contributed by atoms with Gasteiger partial charge in [0.1, 0.15) is 6.61 Å². The zero-order valence-corrected chi connectivity index (χ0v) is 9.58. The van der Waals surface area contributed by atoms with Crippen molar-refractivity contribution < 1.29 is 19.0 Å². The van der Waals surface area contributed by atoms with E-state index in [0.29, 0.717) is 5.56 Å². The van der Waals surface area contributed by atoms with Crippen molar-refractivity contribution in [1.29, 1.82) is 0 Å². The van der Waals surface area contributed by atoms with Crippen LogP contribution in [0.15, 0.2) is 18.2 Å². The Morgan fingerprint density at radius 2 is 2.12 bits per heavy atom. The number of aryl methyl sites for hydroxylation is 1. The van der Waals surface area contributed by atoms with E-state index in [4.69, 9.17) is 9.84 Å². The molecule has 0 saturated heterocycles. The first-order valence-corrected chi connectivity index (χ1v) is 4.96. The predicted octanol–water partition coefficient (Wildman–Crippen LogP) is 2.62. The van der Waals surface area contributed by atoms with Crippen LogP contribution >= 0.6 is 0 Å². The van der Waals surface area contributed by atoms with E-state index in [-0.39, 0.29) is 12.4 Å². The highest BCUT2D eigenvalue weighted by molar-refractivity contribution is 5.73. The van der Waals surface area contributed by atoms with Crippen molar-refractivity contribution in [3.63, 3.8) is 0 Å². The first-order chi connectivity index (χ1) is 7.34. The minimum absolute atomic E-state index is 0.0668. The van der Waals surface area contributed by atoms with Gasteiger partial charge in [-0.15, -0.1) is 0 Å². The highest BCUT2D eigenvalue weighted by atomic mass is 19.1. The number of carboxylic acid groups (broad SMARTS) is 1. The lowest BCUT2D eigenvalue weighted by molar-refractivity contribution is -0.148. The van der Waals surface area contributed by atoms with Crippen molar-refractivity contribution in [2.24, 2.45) is 5.41 Å². The van der Waals surface area contributed by atoms with Crippen molar-refractivity contribution in [3.05, 3.63) is 29.6 Å². The Hall–Kier alpha value is -1.58. The van der Waals surface area contributed by atoms with Crippen LogP contribution in [-0.2, 0) is 4.79 Å². The van der Waals surface area contributed by atoms with Gasteiger partial charge in [0.2, 0.25) is 0 Å². The van der Waals surface area contributed by atoms with E-state index in [1.165, 1.54) is 19.9 Å². The number of rotatable bonds is 4. The summed E-state index contributed by atoms with van der Waals surface area (Å²) in [5.74, 6) is -1.32. The lowest BCUT2D eigenvalue weighted by atomic mass is 9.95. The summed E-state index contributed by atoms with van der Waals surface area (Å²) >= 11 is 0. The third-order valence-electron chi connectivity index (χ3n) is 2.32. The number of carbonyl (C=O) groups is 1. The molecule has 0 saturated carbocycles. The van der Waals surface area contributed by atoms with Gasteiger partial charge in [-0.2, -0.15) is 0 Å². The van der Waals surface area contributed by atoms with E-state index in [9.17, 15) is 9.18 Å². The fourth-order valence-corrected chi connectivity index (χ4v) is 1.05. The van der Waals surface area contributed by atoms with Crippen molar-refractivity contribution in [1.82, 2.24) is 0 Å². The molecule has 0 heterocycles. The van der Waals surface area contributed by atoms with Gasteiger partial charge >= 0.3 is 5.97 Å². The van der Waals surface area contributed by atoms with E-state index < -0.39 is 17.2 Å². The van der Waals surface area contributed by atoms with Crippen molar-refractivity contribution in [3.8, 4) is 5.75 Å². The summed E-state index contributed by atoms with van der Waals surface area (Å²) in [6, 6.07) is 4.78. The fourth-order valence-electron chi connectivity index (χ4n) is 1.05. The van der Waals surface area contributed by atoms with E-state index in [0.717, 1.165) is 0 Å². The Kier molecular flexibility index (Phi) is 3.52. The molecule has 0 atom stereocenters. The molecule has 0 amide bonds. The molecule has 1 N–H and O–H groups in total. The number of hydrogen-bond donors (Lipinski definition) is 1. The third kappa shape index (κ3) is 2.72. The van der Waals surface area contributed by atoms with Crippen molar-refractivity contribution >= 4 is 5.97 Å². The van der Waals surface area contributed by atoms with Crippen LogP contribution in [-0.4, -0.2) is 17.7 Å². The smallest absolute Gasteiger partial charge is 0.312 e. The van der Waals surface area contributed by atoms with Gasteiger partial charge in [0, 0.05) is 0 Å². The second-order valence-electron chi connectivity index (χ2n) is 4.36. The Morgan fingerprint density at radius 3 is 2.69 bits per heavy atom. The minimum Gasteiger partial charge on any atom is -0.489 e. The summed E-state index contributed by atoms with van der Waals surface area (Å²) in [7, 11) is 0. The second kappa shape index (κ2) is 4.51. The molecule has 0 aliphatic rings. The molecule has 16 heavy (non-hydrogen) atoms. The van der Waals surface area contributed by atoms with Crippen LogP contribution in [0.25, 0.3) is 0 Å². The molecule has 1 rings (SSSR count). The minimum atomic E-state index is -1.03. The van der Waals surface area contributed by atoms with Crippen LogP contribution in [0.1, 0.15) is 19.4 Å². The quantitative estimate of drug-likeness (QED) is 0.858. The van der Waals surface area contributed by atoms with Crippen LogP contribution in [0.5, 0.6) is 5.75 Å². The zero-order valence-electron chi connectivity index (χ0n) is 9.58. The van der Waals surface area contributed by atoms with Crippen LogP contribution in [0, 0.1) is 18.2 Å². The summed E-state index contributed by atoms with van der Waals surface area (Å²) in [5, 5.41) is 8.87. The maximum Gasteiger partial charge on any atom is 0.312 e. The van der Waals surface area contributed by atoms with Gasteiger partial charge in [-0.3, -0.25) is 4.79 Å². The van der Waals surface area contributed by atoms with Crippen molar-refractivity contribution in [2.75, 3.05) is 6.61 Å². The molecule has 1 aromatic carbocycles. The number of halogens is 1. The standard InChI is InChI=1S/C12H15FO3/c1-8-5-4-6-9(10(8)13)16-7-12(2,3)11(14)15/h4-6H,7H2,1-3H3,(H,14,15). The summed E-state index contributed by atoms with van der Waals surface area (Å²) in [6.45, 7) is 4.62. The Bertz CT molecular complexity index is 399. The van der Waals surface area contributed by atoms with Gasteiger partial charge in [0.15, 0.2) is 11.6 Å². The van der Waals surface area contributed by atoms with Gasteiger partial charge in [-0.25, -0.2) is 4.39 Å². The molecule has 0 spiro atoms. The van der Waals surface area contributed by atoms with E-state index in [1.807, 2.05) is 0 Å². The van der Waals surface area contributed by atoms with Crippen LogP contribution in [0.3, 0.4) is 0 Å². The average molecular weight is 226 g/mol. The largest absolute Gasteiger partial charge is 0.489 e. The Morgan fingerprint density at radius 1 is 1.50 bits per heavy atom. The predicted molar refractivity (Wildman–Crippen MR) is 58.0 cm³/mol. The lowest BCUT2D eigenvalue weighted by Gasteiger charge is -2.19. The normalized spacial score (nSPS) is 11.2. The highest BCUT2D eigenvalue weighted by Crippen LogP contribution is 2.23. The number of carboxylic acids is 1. The number of hydrogen-bond acceptors (Lipinski definition) is 2. The lowest BCUT2D eigenvalue weighted by Crippen LogP contribution is -2.30. The van der Waals surface area contributed by atoms with E-state index in [1.54, 1.807) is 19.1 Å². The summed E-state index contributed by atoms with van der Waals surface area (Å²) < 4.78 is 18.7. The van der Waals surface area contributed by atoms with E-state index in [2.05, 4.69) is 0 Å². The van der Waals surface area contributed by atoms with Gasteiger partial charge < -0.3 is 9.84 Å². The molecule has 4 heteroatoms. The monoisotopic (exact) mass is 226 g/mol. The molecule has 0 unspecified atom stereocenters. The SMILES string of the molecule is Cc1cccc(OCC(C)(C)C(=O)O)c1F. The van der Waals surface area contributed by atoms with Gasteiger partial charge in [0.25, 0.3) is 0 Å². The zero-order chi connectivity index (χ0) is 12.3. The second-order valence-corrected chi connectivity index (χ2v) is 4.36. The molecule has 3 nitrogen and oxygen atoms in total. The molecule has 0 aliphatic heterocycles. The molecular formula is C12H15FO3. The van der Waals surface area contributed by atoms with Gasteiger partial charge in [-0.05, 0) is 32.4 Å². The maximum atomic E-state index is 13.5. The summed E-state index contributed by atoms with van der Waals surface area (Å²) in [5.41, 5.74) is -0.554. The number of aliphatic carboxylic acids is 1. The topological polar surface area (TPSA) is 46.5 Å². The average Bonchev–Trinajstić information content (AvgIpc) is 2.20. The molecule has 0 aromatic heterocycles. The molecule has 0 fully saturated rings. The molecule has 0 aliphatic carbocycles. The first-order valence-electron chi connectivity index (χ1n) is 4.96. The third-order valence-corrected chi connectivity index (χ3v) is 2.32. The number of ether oxygens (including phenoxy) is 1. The molecule has 88 valence electrons. The molecule has 0 bridgehead atoms. The summed E-state index contributed by atoms with van der Waals surface area (Å²) in [4.78, 5) is 10.8. The van der Waals surface area contributed by atoms with Crippen LogP contribution in [0.4, 0.5) is 4.39 Å². The molecular weight excluding hydrogens is 211 g/mol. The first kappa shape index (κ1) is 12.5. The highest BCUT2D eigenvalue weighted by Gasteiger charge is 2.28. The van der Waals surface area contributed by atoms with Crippen molar-refractivity contribution in [2.45, 2.75) is 20.8 Å². The van der Waals surface area contributed by atoms with Gasteiger partial charge in [-0.1, -0.05) is 12.1 Å². The molecule has 0 radical (unpaired) electrons. The van der Waals surface area contributed by atoms with Crippen LogP contribution in [0.2, 0.25) is 0 Å². The Balaban J connectivity index is 2.76. The molecule has 1 aromatic rings. The fraction of sp³-hybridized carbons (Fsp3) is 0.417.